The molecule has 6 heteroatoms. The average Bonchev–Trinajstić information content (AvgIpc) is 2.90. The normalized spacial score (nSPS) is 17.2. The number of nitrogens with zero attached hydrogens (tertiary/aromatic N) is 2. The number of benzene rings is 1. The summed E-state index contributed by atoms with van der Waals surface area (Å²) in [6, 6.07) is 8.51. The van der Waals surface area contributed by atoms with Crippen molar-refractivity contribution in [2.24, 2.45) is 0 Å². The number of thiazole rings is 1. The standard InChI is InChI=1S/C15H20N4OS/c1-16-11-6-8-19(9-7-11)10-14(20)18-15-17-12-4-2-3-5-13(12)21-15/h2-5,11,16H,6-10H2,1H3,(H,17,18,20). The molecule has 0 unspecified atom stereocenters. The molecule has 0 aliphatic carbocycles. The SMILES string of the molecule is CNC1CCN(CC(=O)Nc2nc3ccccc3s2)CC1. The van der Waals surface area contributed by atoms with Crippen molar-refractivity contribution in [2.45, 2.75) is 18.9 Å². The van der Waals surface area contributed by atoms with Gasteiger partial charge in [-0.2, -0.15) is 0 Å². The summed E-state index contributed by atoms with van der Waals surface area (Å²) in [5.41, 5.74) is 0.938. The van der Waals surface area contributed by atoms with Gasteiger partial charge in [-0.15, -0.1) is 0 Å². The number of anilines is 1. The number of hydrogen-bond donors (Lipinski definition) is 2. The molecule has 2 aromatic rings. The molecular formula is C15H20N4OS. The van der Waals surface area contributed by atoms with Gasteiger partial charge in [0.2, 0.25) is 5.91 Å². The van der Waals surface area contributed by atoms with Gasteiger partial charge >= 0.3 is 0 Å². The van der Waals surface area contributed by atoms with Gasteiger partial charge in [0.15, 0.2) is 5.13 Å². The fourth-order valence-corrected chi connectivity index (χ4v) is 3.55. The van der Waals surface area contributed by atoms with E-state index in [0.717, 1.165) is 36.1 Å². The van der Waals surface area contributed by atoms with E-state index in [1.54, 1.807) is 0 Å². The van der Waals surface area contributed by atoms with Gasteiger partial charge in [-0.3, -0.25) is 9.69 Å². The van der Waals surface area contributed by atoms with Gasteiger partial charge in [-0.25, -0.2) is 4.98 Å². The second kappa shape index (κ2) is 6.51. The number of para-hydroxylation sites is 1. The molecule has 21 heavy (non-hydrogen) atoms. The summed E-state index contributed by atoms with van der Waals surface area (Å²) >= 11 is 1.52. The Morgan fingerprint density at radius 3 is 2.86 bits per heavy atom. The van der Waals surface area contributed by atoms with Crippen molar-refractivity contribution >= 4 is 32.6 Å². The van der Waals surface area contributed by atoms with Crippen molar-refractivity contribution in [3.05, 3.63) is 24.3 Å². The van der Waals surface area contributed by atoms with Crippen LogP contribution in [0.5, 0.6) is 0 Å². The highest BCUT2D eigenvalue weighted by molar-refractivity contribution is 7.22. The zero-order valence-electron chi connectivity index (χ0n) is 12.1. The van der Waals surface area contributed by atoms with Crippen LogP contribution in [0.25, 0.3) is 10.2 Å². The number of fused-ring (bicyclic) bond motifs is 1. The van der Waals surface area contributed by atoms with Gasteiger partial charge in [0.1, 0.15) is 0 Å². The number of hydrogen-bond acceptors (Lipinski definition) is 5. The van der Waals surface area contributed by atoms with Crippen molar-refractivity contribution in [3.8, 4) is 0 Å². The molecule has 1 aliphatic heterocycles. The number of aromatic nitrogens is 1. The van der Waals surface area contributed by atoms with Crippen LogP contribution < -0.4 is 10.6 Å². The highest BCUT2D eigenvalue weighted by Gasteiger charge is 2.19. The molecule has 0 radical (unpaired) electrons. The monoisotopic (exact) mass is 304 g/mol. The molecule has 5 nitrogen and oxygen atoms in total. The van der Waals surface area contributed by atoms with E-state index in [1.807, 2.05) is 31.3 Å². The van der Waals surface area contributed by atoms with Crippen molar-refractivity contribution in [2.75, 3.05) is 32.0 Å². The molecule has 1 amide bonds. The third kappa shape index (κ3) is 3.58. The maximum absolute atomic E-state index is 12.1. The molecule has 1 fully saturated rings. The van der Waals surface area contributed by atoms with Crippen molar-refractivity contribution in [1.29, 1.82) is 0 Å². The van der Waals surface area contributed by atoms with E-state index in [-0.39, 0.29) is 5.91 Å². The Labute approximate surface area is 128 Å². The molecule has 1 saturated heterocycles. The van der Waals surface area contributed by atoms with E-state index in [9.17, 15) is 4.79 Å². The summed E-state index contributed by atoms with van der Waals surface area (Å²) in [4.78, 5) is 18.7. The molecule has 1 aromatic heterocycles. The number of amides is 1. The number of carbonyl (C=O) groups is 1. The first-order valence-corrected chi connectivity index (χ1v) is 8.11. The maximum atomic E-state index is 12.1. The first-order valence-electron chi connectivity index (χ1n) is 7.29. The summed E-state index contributed by atoms with van der Waals surface area (Å²) in [6.45, 7) is 2.39. The second-order valence-corrected chi connectivity index (χ2v) is 6.40. The molecule has 1 aliphatic rings. The van der Waals surface area contributed by atoms with Crippen molar-refractivity contribution in [3.63, 3.8) is 0 Å². The van der Waals surface area contributed by atoms with Crippen LogP contribution in [0.2, 0.25) is 0 Å². The first-order chi connectivity index (χ1) is 10.2. The minimum absolute atomic E-state index is 0.0250. The lowest BCUT2D eigenvalue weighted by atomic mass is 10.1. The summed E-state index contributed by atoms with van der Waals surface area (Å²) in [5, 5.41) is 6.90. The van der Waals surface area contributed by atoms with E-state index < -0.39 is 0 Å². The Balaban J connectivity index is 1.54. The second-order valence-electron chi connectivity index (χ2n) is 5.37. The fourth-order valence-electron chi connectivity index (χ4n) is 2.67. The van der Waals surface area contributed by atoms with E-state index >= 15 is 0 Å². The topological polar surface area (TPSA) is 57.3 Å². The number of likely N-dealkylation sites (tertiary alicyclic amines) is 1. The van der Waals surface area contributed by atoms with E-state index in [0.29, 0.717) is 17.7 Å². The first kappa shape index (κ1) is 14.4. The molecule has 0 saturated carbocycles. The number of carbonyl (C=O) groups excluding carboxylic acids is 1. The van der Waals surface area contributed by atoms with E-state index in [1.165, 1.54) is 11.3 Å². The summed E-state index contributed by atoms with van der Waals surface area (Å²) < 4.78 is 1.10. The van der Waals surface area contributed by atoms with Crippen LogP contribution in [0.1, 0.15) is 12.8 Å². The van der Waals surface area contributed by atoms with Gasteiger partial charge in [-0.05, 0) is 32.0 Å². The molecule has 2 N–H and O–H groups in total. The van der Waals surface area contributed by atoms with Crippen LogP contribution in [0.3, 0.4) is 0 Å². The van der Waals surface area contributed by atoms with Crippen LogP contribution in [0.15, 0.2) is 24.3 Å². The Bertz CT molecular complexity index is 586. The third-order valence-corrected chi connectivity index (χ3v) is 4.86. The molecule has 112 valence electrons. The third-order valence-electron chi connectivity index (χ3n) is 3.90. The number of nitrogens with one attached hydrogen (secondary N) is 2. The molecular weight excluding hydrogens is 284 g/mol. The van der Waals surface area contributed by atoms with Gasteiger partial charge in [0.05, 0.1) is 16.8 Å². The maximum Gasteiger partial charge on any atom is 0.240 e. The summed E-state index contributed by atoms with van der Waals surface area (Å²) in [7, 11) is 2.00. The Morgan fingerprint density at radius 1 is 1.38 bits per heavy atom. The van der Waals surface area contributed by atoms with Crippen LogP contribution in [0, 0.1) is 0 Å². The van der Waals surface area contributed by atoms with Crippen LogP contribution in [-0.4, -0.2) is 48.5 Å². The zero-order valence-corrected chi connectivity index (χ0v) is 12.9. The lowest BCUT2D eigenvalue weighted by Gasteiger charge is -2.30. The summed E-state index contributed by atoms with van der Waals surface area (Å²) in [6.07, 6.45) is 2.20. The average molecular weight is 304 g/mol. The Morgan fingerprint density at radius 2 is 2.14 bits per heavy atom. The van der Waals surface area contributed by atoms with Crippen molar-refractivity contribution in [1.82, 2.24) is 15.2 Å². The van der Waals surface area contributed by atoms with Crippen LogP contribution >= 0.6 is 11.3 Å². The molecule has 0 bridgehead atoms. The smallest absolute Gasteiger partial charge is 0.240 e. The minimum atomic E-state index is 0.0250. The van der Waals surface area contributed by atoms with Gasteiger partial charge < -0.3 is 10.6 Å². The molecule has 2 heterocycles. The van der Waals surface area contributed by atoms with Crippen molar-refractivity contribution < 1.29 is 4.79 Å². The molecule has 0 spiro atoms. The van der Waals surface area contributed by atoms with Gasteiger partial charge in [-0.1, -0.05) is 23.5 Å². The predicted molar refractivity (Wildman–Crippen MR) is 86.8 cm³/mol. The minimum Gasteiger partial charge on any atom is -0.317 e. The predicted octanol–water partition coefficient (Wildman–Crippen LogP) is 1.92. The summed E-state index contributed by atoms with van der Waals surface area (Å²) in [5.74, 6) is 0.0250. The lowest BCUT2D eigenvalue weighted by molar-refractivity contribution is -0.117. The largest absolute Gasteiger partial charge is 0.317 e. The van der Waals surface area contributed by atoms with E-state index in [4.69, 9.17) is 0 Å². The van der Waals surface area contributed by atoms with E-state index in [2.05, 4.69) is 20.5 Å². The fraction of sp³-hybridized carbons (Fsp3) is 0.467. The Hall–Kier alpha value is -1.50. The quantitative estimate of drug-likeness (QED) is 0.906. The molecule has 0 atom stereocenters. The zero-order chi connectivity index (χ0) is 14.7. The van der Waals surface area contributed by atoms with Crippen LogP contribution in [-0.2, 0) is 4.79 Å². The van der Waals surface area contributed by atoms with Crippen LogP contribution in [0.4, 0.5) is 5.13 Å². The van der Waals surface area contributed by atoms with Gasteiger partial charge in [0, 0.05) is 19.1 Å². The highest BCUT2D eigenvalue weighted by atomic mass is 32.1. The molecule has 3 rings (SSSR count). The lowest BCUT2D eigenvalue weighted by Crippen LogP contribution is -2.44. The number of rotatable bonds is 4. The molecule has 1 aromatic carbocycles. The Kier molecular flexibility index (Phi) is 4.48. The van der Waals surface area contributed by atoms with Gasteiger partial charge in [0.25, 0.3) is 0 Å². The number of piperidine rings is 1. The highest BCUT2D eigenvalue weighted by Crippen LogP contribution is 2.25.